The summed E-state index contributed by atoms with van der Waals surface area (Å²) in [6.45, 7) is 2.47. The highest BCUT2D eigenvalue weighted by atomic mass is 19.3. The predicted octanol–water partition coefficient (Wildman–Crippen LogP) is 3.04. The number of anilines is 2. The van der Waals surface area contributed by atoms with Gasteiger partial charge in [-0.2, -0.15) is 13.8 Å². The minimum atomic E-state index is -2.93. The molecule has 0 spiro atoms. The van der Waals surface area contributed by atoms with Gasteiger partial charge in [0.15, 0.2) is 5.82 Å². The normalized spacial score (nSPS) is 20.9. The average molecular weight is 382 g/mol. The molecule has 0 saturated carbocycles. The summed E-state index contributed by atoms with van der Waals surface area (Å²) in [7, 11) is 2.14. The summed E-state index contributed by atoms with van der Waals surface area (Å²) in [6.07, 6.45) is 5.01. The summed E-state index contributed by atoms with van der Waals surface area (Å²) in [6, 6.07) is 1.78. The van der Waals surface area contributed by atoms with E-state index in [2.05, 4.69) is 56.0 Å². The molecule has 1 saturated heterocycles. The summed E-state index contributed by atoms with van der Waals surface area (Å²) >= 11 is 0. The Balaban J connectivity index is 1.61. The Morgan fingerprint density at radius 1 is 1.30 bits per heavy atom. The second-order valence-electron chi connectivity index (χ2n) is 6.92. The van der Waals surface area contributed by atoms with Crippen LogP contribution in [-0.4, -0.2) is 57.4 Å². The van der Waals surface area contributed by atoms with Gasteiger partial charge < -0.3 is 19.7 Å². The molecule has 0 aliphatic carbocycles. The summed E-state index contributed by atoms with van der Waals surface area (Å²) in [5.41, 5.74) is 0. The van der Waals surface area contributed by atoms with E-state index in [1.165, 1.54) is 12.3 Å². The number of aromatic amines is 1. The molecule has 1 aliphatic heterocycles. The van der Waals surface area contributed by atoms with Gasteiger partial charge in [-0.25, -0.2) is 0 Å². The number of H-pyrrole nitrogens is 1. The third kappa shape index (κ3) is 5.25. The van der Waals surface area contributed by atoms with Gasteiger partial charge in [0.05, 0.1) is 12.4 Å². The number of hydrogen-bond donors (Lipinski definition) is 2. The number of alkyl halides is 2. The van der Waals surface area contributed by atoms with Crippen LogP contribution in [0.4, 0.5) is 20.4 Å². The lowest BCUT2D eigenvalue weighted by atomic mass is 9.91. The molecule has 27 heavy (non-hydrogen) atoms. The number of nitrogens with one attached hydrogen (secondary N) is 2. The predicted molar refractivity (Wildman–Crippen MR) is 95.4 cm³/mol. The maximum atomic E-state index is 12.2. The molecule has 2 aromatic rings. The third-order valence-corrected chi connectivity index (χ3v) is 4.57. The first-order valence-electron chi connectivity index (χ1n) is 8.87. The number of nitrogens with zero attached hydrogens (tertiary/aromatic N) is 4. The van der Waals surface area contributed by atoms with Gasteiger partial charge in [-0.3, -0.25) is 10.1 Å². The molecule has 3 rings (SSSR count). The van der Waals surface area contributed by atoms with Crippen molar-refractivity contribution in [3.63, 3.8) is 0 Å². The number of aromatic nitrogens is 4. The zero-order valence-corrected chi connectivity index (χ0v) is 15.5. The number of rotatable bonds is 7. The Hall–Kier alpha value is -2.49. The molecular formula is C17H24F2N6O2. The third-order valence-electron chi connectivity index (χ3n) is 4.57. The average Bonchev–Trinajstić information content (AvgIpc) is 3.03. The highest BCUT2D eigenvalue weighted by Crippen LogP contribution is 2.26. The van der Waals surface area contributed by atoms with Crippen molar-refractivity contribution < 1.29 is 18.3 Å². The number of hydrogen-bond acceptors (Lipinski definition) is 7. The first kappa shape index (κ1) is 19.3. The molecular weight excluding hydrogens is 358 g/mol. The van der Waals surface area contributed by atoms with E-state index in [4.69, 9.17) is 4.74 Å². The van der Waals surface area contributed by atoms with Gasteiger partial charge in [0.2, 0.25) is 11.8 Å². The smallest absolute Gasteiger partial charge is 0.388 e. The van der Waals surface area contributed by atoms with Gasteiger partial charge in [0.25, 0.3) is 0 Å². The lowest BCUT2D eigenvalue weighted by Crippen LogP contribution is -2.46. The standard InChI is InChI=1S/C17H24F2N6O2/c1-10(2)12-6-11(4-5-25(12)3)26-16-9-20-8-14(22-16)21-13-7-15(24-23-13)27-17(18)19/h7-12,17H,4-6H2,1-3H3,(H2,21,22,23,24)/t11-,12-/m1/s1. The second-order valence-corrected chi connectivity index (χ2v) is 6.92. The fourth-order valence-corrected chi connectivity index (χ4v) is 3.26. The maximum absolute atomic E-state index is 12.2. The van der Waals surface area contributed by atoms with Crippen LogP contribution in [0.2, 0.25) is 0 Å². The van der Waals surface area contributed by atoms with E-state index in [9.17, 15) is 8.78 Å². The van der Waals surface area contributed by atoms with Crippen molar-refractivity contribution in [3.8, 4) is 11.8 Å². The van der Waals surface area contributed by atoms with Gasteiger partial charge in [-0.15, -0.1) is 5.10 Å². The minimum Gasteiger partial charge on any atom is -0.473 e. The quantitative estimate of drug-likeness (QED) is 0.761. The molecule has 10 heteroatoms. The van der Waals surface area contributed by atoms with Crippen LogP contribution in [0.3, 0.4) is 0 Å². The zero-order valence-electron chi connectivity index (χ0n) is 15.5. The van der Waals surface area contributed by atoms with E-state index in [-0.39, 0.29) is 12.0 Å². The molecule has 0 aromatic carbocycles. The molecule has 8 nitrogen and oxygen atoms in total. The zero-order chi connectivity index (χ0) is 19.4. The molecule has 3 heterocycles. The highest BCUT2D eigenvalue weighted by Gasteiger charge is 2.29. The van der Waals surface area contributed by atoms with Crippen LogP contribution in [0.1, 0.15) is 26.7 Å². The summed E-state index contributed by atoms with van der Waals surface area (Å²) < 4.78 is 34.6. The van der Waals surface area contributed by atoms with Crippen molar-refractivity contribution in [2.24, 2.45) is 5.92 Å². The summed E-state index contributed by atoms with van der Waals surface area (Å²) in [5.74, 6) is 1.52. The van der Waals surface area contributed by atoms with Crippen LogP contribution in [0.15, 0.2) is 18.5 Å². The van der Waals surface area contributed by atoms with E-state index < -0.39 is 6.61 Å². The Kier molecular flexibility index (Phi) is 6.04. The van der Waals surface area contributed by atoms with Crippen molar-refractivity contribution in [2.45, 2.75) is 45.4 Å². The van der Waals surface area contributed by atoms with Crippen molar-refractivity contribution >= 4 is 11.6 Å². The molecule has 2 atom stereocenters. The Morgan fingerprint density at radius 2 is 2.11 bits per heavy atom. The van der Waals surface area contributed by atoms with Crippen LogP contribution in [-0.2, 0) is 0 Å². The summed E-state index contributed by atoms with van der Waals surface area (Å²) in [4.78, 5) is 10.9. The Morgan fingerprint density at radius 3 is 2.85 bits per heavy atom. The maximum Gasteiger partial charge on any atom is 0.388 e. The number of piperidine rings is 1. The molecule has 0 unspecified atom stereocenters. The Labute approximate surface area is 156 Å². The SMILES string of the molecule is CC(C)[C@H]1C[C@H](Oc2cncc(Nc3cc(OC(F)F)n[nH]3)n2)CCN1C. The molecule has 0 bridgehead atoms. The van der Waals surface area contributed by atoms with Crippen molar-refractivity contribution in [3.05, 3.63) is 18.5 Å². The van der Waals surface area contributed by atoms with Gasteiger partial charge in [-0.05, 0) is 19.4 Å². The van der Waals surface area contributed by atoms with E-state index in [0.29, 0.717) is 29.5 Å². The fourth-order valence-electron chi connectivity index (χ4n) is 3.26. The number of halogens is 2. The van der Waals surface area contributed by atoms with Crippen LogP contribution in [0, 0.1) is 5.92 Å². The van der Waals surface area contributed by atoms with Crippen molar-refractivity contribution in [1.29, 1.82) is 0 Å². The van der Waals surface area contributed by atoms with Gasteiger partial charge in [-0.1, -0.05) is 13.8 Å². The fraction of sp³-hybridized carbons (Fsp3) is 0.588. The Bertz CT molecular complexity index is 742. The molecule has 2 N–H and O–H groups in total. The minimum absolute atomic E-state index is 0.0800. The molecule has 0 amide bonds. The largest absolute Gasteiger partial charge is 0.473 e. The van der Waals surface area contributed by atoms with Crippen LogP contribution in [0.25, 0.3) is 0 Å². The first-order chi connectivity index (χ1) is 12.9. The van der Waals surface area contributed by atoms with Crippen molar-refractivity contribution in [2.75, 3.05) is 18.9 Å². The van der Waals surface area contributed by atoms with Crippen molar-refractivity contribution in [1.82, 2.24) is 25.1 Å². The summed E-state index contributed by atoms with van der Waals surface area (Å²) in [5, 5.41) is 9.08. The molecule has 0 radical (unpaired) electrons. The monoisotopic (exact) mass is 382 g/mol. The van der Waals surface area contributed by atoms with Crippen LogP contribution in [0.5, 0.6) is 11.8 Å². The molecule has 2 aromatic heterocycles. The van der Waals surface area contributed by atoms with E-state index in [1.54, 1.807) is 6.20 Å². The second kappa shape index (κ2) is 8.47. The lowest BCUT2D eigenvalue weighted by Gasteiger charge is -2.39. The molecule has 1 fully saturated rings. The highest BCUT2D eigenvalue weighted by molar-refractivity contribution is 5.51. The topological polar surface area (TPSA) is 88.2 Å². The number of likely N-dealkylation sites (tertiary alicyclic amines) is 1. The van der Waals surface area contributed by atoms with Crippen LogP contribution < -0.4 is 14.8 Å². The molecule has 148 valence electrons. The van der Waals surface area contributed by atoms with Crippen LogP contribution >= 0.6 is 0 Å². The van der Waals surface area contributed by atoms with Gasteiger partial charge in [0.1, 0.15) is 11.9 Å². The lowest BCUT2D eigenvalue weighted by molar-refractivity contribution is -0.0528. The molecule has 1 aliphatic rings. The van der Waals surface area contributed by atoms with E-state index in [0.717, 1.165) is 19.4 Å². The van der Waals surface area contributed by atoms with Gasteiger partial charge in [0, 0.05) is 25.1 Å². The number of ether oxygens (including phenoxy) is 2. The van der Waals surface area contributed by atoms with E-state index in [1.807, 2.05) is 0 Å². The van der Waals surface area contributed by atoms with E-state index >= 15 is 0 Å². The first-order valence-corrected chi connectivity index (χ1v) is 8.87. The van der Waals surface area contributed by atoms with Gasteiger partial charge >= 0.3 is 6.61 Å².